The summed E-state index contributed by atoms with van der Waals surface area (Å²) < 4.78 is 5.30. The van der Waals surface area contributed by atoms with Gasteiger partial charge < -0.3 is 9.64 Å². The zero-order valence-electron chi connectivity index (χ0n) is 13.7. The van der Waals surface area contributed by atoms with Crippen LogP contribution in [0.5, 0.6) is 5.75 Å². The van der Waals surface area contributed by atoms with Crippen LogP contribution in [-0.4, -0.2) is 25.5 Å². The number of anilines is 2. The van der Waals surface area contributed by atoms with Crippen molar-refractivity contribution in [3.8, 4) is 5.75 Å². The summed E-state index contributed by atoms with van der Waals surface area (Å²) in [7, 11) is 1.53. The number of nitrogens with one attached hydrogen (secondary N) is 2. The smallest absolute Gasteiger partial charge is 0.243 e. The summed E-state index contributed by atoms with van der Waals surface area (Å²) in [4.78, 5) is 26.3. The van der Waals surface area contributed by atoms with Crippen LogP contribution in [0, 0.1) is 5.92 Å². The highest BCUT2D eigenvalue weighted by Gasteiger charge is 2.36. The molecule has 7 heteroatoms. The summed E-state index contributed by atoms with van der Waals surface area (Å²) in [5, 5.41) is 0.502. The number of halogens is 1. The first-order valence-electron chi connectivity index (χ1n) is 7.83. The number of hydrazine groups is 1. The Labute approximate surface area is 150 Å². The minimum Gasteiger partial charge on any atom is -0.495 e. The average Bonchev–Trinajstić information content (AvgIpc) is 3.02. The van der Waals surface area contributed by atoms with Crippen molar-refractivity contribution >= 4 is 34.8 Å². The van der Waals surface area contributed by atoms with Gasteiger partial charge in [-0.1, -0.05) is 29.8 Å². The van der Waals surface area contributed by atoms with Crippen molar-refractivity contribution in [2.45, 2.75) is 6.42 Å². The lowest BCUT2D eigenvalue weighted by Gasteiger charge is -2.20. The number of carbonyl (C=O) groups is 2. The Morgan fingerprint density at radius 2 is 2.00 bits per heavy atom. The first kappa shape index (κ1) is 17.1. The van der Waals surface area contributed by atoms with Crippen LogP contribution in [-0.2, 0) is 9.59 Å². The third-order valence-electron chi connectivity index (χ3n) is 4.03. The molecule has 1 unspecified atom stereocenters. The molecule has 1 aliphatic rings. The molecule has 1 heterocycles. The molecule has 2 aromatic rings. The highest BCUT2D eigenvalue weighted by Crippen LogP contribution is 2.35. The van der Waals surface area contributed by atoms with E-state index in [-0.39, 0.29) is 24.8 Å². The van der Waals surface area contributed by atoms with E-state index in [1.165, 1.54) is 12.0 Å². The topological polar surface area (TPSA) is 70.7 Å². The molecule has 0 spiro atoms. The van der Waals surface area contributed by atoms with E-state index in [1.807, 2.05) is 30.3 Å². The minimum absolute atomic E-state index is 0.137. The number of benzene rings is 2. The molecule has 1 saturated heterocycles. The lowest BCUT2D eigenvalue weighted by Crippen LogP contribution is -2.36. The number of para-hydroxylation sites is 1. The summed E-state index contributed by atoms with van der Waals surface area (Å²) in [6.07, 6.45) is 0.137. The number of methoxy groups -OCH3 is 1. The van der Waals surface area contributed by atoms with E-state index in [2.05, 4.69) is 10.9 Å². The van der Waals surface area contributed by atoms with Crippen molar-refractivity contribution < 1.29 is 14.3 Å². The van der Waals surface area contributed by atoms with Gasteiger partial charge in [-0.2, -0.15) is 0 Å². The van der Waals surface area contributed by atoms with Gasteiger partial charge in [0.25, 0.3) is 0 Å². The van der Waals surface area contributed by atoms with Crippen LogP contribution < -0.4 is 20.5 Å². The number of rotatable bonds is 5. The van der Waals surface area contributed by atoms with Crippen molar-refractivity contribution in [1.29, 1.82) is 0 Å². The van der Waals surface area contributed by atoms with Crippen molar-refractivity contribution in [3.05, 3.63) is 53.6 Å². The fraction of sp³-hybridized carbons (Fsp3) is 0.222. The van der Waals surface area contributed by atoms with Crippen LogP contribution in [0.15, 0.2) is 48.5 Å². The van der Waals surface area contributed by atoms with Crippen LogP contribution in [0.2, 0.25) is 5.02 Å². The molecule has 0 saturated carbocycles. The summed E-state index contributed by atoms with van der Waals surface area (Å²) >= 11 is 6.03. The van der Waals surface area contributed by atoms with E-state index in [0.717, 1.165) is 5.69 Å². The first-order valence-corrected chi connectivity index (χ1v) is 8.21. The van der Waals surface area contributed by atoms with Crippen molar-refractivity contribution in [2.24, 2.45) is 5.92 Å². The van der Waals surface area contributed by atoms with Gasteiger partial charge in [-0.15, -0.1) is 0 Å². The SMILES string of the molecule is COc1ccc(Cl)cc1N1CC(C(=O)NNc2ccccc2)CC1=O. The van der Waals surface area contributed by atoms with Gasteiger partial charge in [0.1, 0.15) is 5.75 Å². The Kier molecular flexibility index (Phi) is 5.09. The van der Waals surface area contributed by atoms with Gasteiger partial charge in [0.15, 0.2) is 0 Å². The number of ether oxygens (including phenoxy) is 1. The van der Waals surface area contributed by atoms with Crippen molar-refractivity contribution in [3.63, 3.8) is 0 Å². The van der Waals surface area contributed by atoms with Gasteiger partial charge in [0.2, 0.25) is 11.8 Å². The Balaban J connectivity index is 1.68. The maximum atomic E-state index is 12.4. The fourth-order valence-electron chi connectivity index (χ4n) is 2.75. The summed E-state index contributed by atoms with van der Waals surface area (Å²) in [5.41, 5.74) is 6.84. The molecule has 0 aliphatic carbocycles. The summed E-state index contributed by atoms with van der Waals surface area (Å²) in [5.74, 6) is -0.283. The molecule has 0 radical (unpaired) electrons. The molecule has 1 fully saturated rings. The minimum atomic E-state index is -0.451. The molecule has 6 nitrogen and oxygen atoms in total. The summed E-state index contributed by atoms with van der Waals surface area (Å²) in [6.45, 7) is 0.276. The molecular weight excluding hydrogens is 342 g/mol. The zero-order valence-corrected chi connectivity index (χ0v) is 14.4. The van der Waals surface area contributed by atoms with Crippen LogP contribution in [0.3, 0.4) is 0 Å². The number of nitrogens with zero attached hydrogens (tertiary/aromatic N) is 1. The molecule has 1 aliphatic heterocycles. The average molecular weight is 360 g/mol. The van der Waals surface area contributed by atoms with E-state index in [1.54, 1.807) is 18.2 Å². The predicted octanol–water partition coefficient (Wildman–Crippen LogP) is 2.84. The van der Waals surface area contributed by atoms with Gasteiger partial charge >= 0.3 is 0 Å². The van der Waals surface area contributed by atoms with Gasteiger partial charge in [0, 0.05) is 18.0 Å². The second kappa shape index (κ2) is 7.44. The first-order chi connectivity index (χ1) is 12.1. The standard InChI is InChI=1S/C18H18ClN3O3/c1-25-16-8-7-13(19)10-15(16)22-11-12(9-17(22)23)18(24)21-20-14-5-3-2-4-6-14/h2-8,10,12,20H,9,11H2,1H3,(H,21,24). The lowest BCUT2D eigenvalue weighted by molar-refractivity contribution is -0.125. The maximum absolute atomic E-state index is 12.4. The fourth-order valence-corrected chi connectivity index (χ4v) is 2.91. The highest BCUT2D eigenvalue weighted by molar-refractivity contribution is 6.31. The highest BCUT2D eigenvalue weighted by atomic mass is 35.5. The molecule has 2 amide bonds. The maximum Gasteiger partial charge on any atom is 0.243 e. The number of hydrogen-bond donors (Lipinski definition) is 2. The van der Waals surface area contributed by atoms with Gasteiger partial charge in [-0.25, -0.2) is 0 Å². The van der Waals surface area contributed by atoms with Gasteiger partial charge in [-0.05, 0) is 30.3 Å². The summed E-state index contributed by atoms with van der Waals surface area (Å²) in [6, 6.07) is 14.3. The quantitative estimate of drug-likeness (QED) is 0.805. The molecule has 0 bridgehead atoms. The lowest BCUT2D eigenvalue weighted by atomic mass is 10.1. The predicted molar refractivity (Wildman–Crippen MR) is 96.7 cm³/mol. The van der Waals surface area contributed by atoms with Crippen molar-refractivity contribution in [2.75, 3.05) is 24.0 Å². The number of amides is 2. The van der Waals surface area contributed by atoms with Crippen LogP contribution in [0.4, 0.5) is 11.4 Å². The second-order valence-electron chi connectivity index (χ2n) is 5.70. The van der Waals surface area contributed by atoms with E-state index in [4.69, 9.17) is 16.3 Å². The Morgan fingerprint density at radius 3 is 2.72 bits per heavy atom. The third kappa shape index (κ3) is 3.85. The normalized spacial score (nSPS) is 16.6. The van der Waals surface area contributed by atoms with E-state index < -0.39 is 5.92 Å². The van der Waals surface area contributed by atoms with E-state index in [0.29, 0.717) is 16.5 Å². The molecule has 1 atom stereocenters. The molecule has 3 rings (SSSR count). The molecule has 25 heavy (non-hydrogen) atoms. The Morgan fingerprint density at radius 1 is 1.24 bits per heavy atom. The largest absolute Gasteiger partial charge is 0.495 e. The number of hydrogen-bond acceptors (Lipinski definition) is 4. The van der Waals surface area contributed by atoms with Crippen LogP contribution in [0.25, 0.3) is 0 Å². The molecular formula is C18H18ClN3O3. The van der Waals surface area contributed by atoms with Crippen LogP contribution >= 0.6 is 11.6 Å². The zero-order chi connectivity index (χ0) is 17.8. The van der Waals surface area contributed by atoms with Crippen LogP contribution in [0.1, 0.15) is 6.42 Å². The Bertz CT molecular complexity index is 782. The third-order valence-corrected chi connectivity index (χ3v) is 4.27. The van der Waals surface area contributed by atoms with E-state index >= 15 is 0 Å². The molecule has 130 valence electrons. The Hall–Kier alpha value is -2.73. The van der Waals surface area contributed by atoms with Crippen molar-refractivity contribution in [1.82, 2.24) is 5.43 Å². The van der Waals surface area contributed by atoms with Gasteiger partial charge in [0.05, 0.1) is 24.4 Å². The molecule has 0 aromatic heterocycles. The van der Waals surface area contributed by atoms with E-state index in [9.17, 15) is 9.59 Å². The second-order valence-corrected chi connectivity index (χ2v) is 6.14. The van der Waals surface area contributed by atoms with Gasteiger partial charge in [-0.3, -0.25) is 20.4 Å². The molecule has 2 N–H and O–H groups in total. The molecule has 2 aromatic carbocycles. The monoisotopic (exact) mass is 359 g/mol. The number of carbonyl (C=O) groups excluding carboxylic acids is 2.